The van der Waals surface area contributed by atoms with E-state index >= 15 is 0 Å². The molecule has 1 aromatic heterocycles. The van der Waals surface area contributed by atoms with Gasteiger partial charge in [0.1, 0.15) is 10.8 Å². The first-order chi connectivity index (χ1) is 16.6. The van der Waals surface area contributed by atoms with E-state index in [2.05, 4.69) is 25.9 Å². The Balaban J connectivity index is 1.42. The third-order valence-electron chi connectivity index (χ3n) is 6.75. The molecule has 1 amide bonds. The summed E-state index contributed by atoms with van der Waals surface area (Å²) in [6.45, 7) is -0.966. The van der Waals surface area contributed by atoms with E-state index in [-0.39, 0.29) is 6.04 Å². The largest absolute Gasteiger partial charge is 0.401 e. The Bertz CT molecular complexity index is 1050. The number of carbonyl (C=O) groups is 1. The number of alkyl halides is 4. The summed E-state index contributed by atoms with van der Waals surface area (Å²) in [6.07, 6.45) is 3.12. The lowest BCUT2D eigenvalue weighted by atomic mass is 9.83. The molecule has 11 heteroatoms. The number of primary amides is 1. The Labute approximate surface area is 207 Å². The van der Waals surface area contributed by atoms with Crippen molar-refractivity contribution in [3.05, 3.63) is 41.6 Å². The van der Waals surface area contributed by atoms with Gasteiger partial charge in [-0.3, -0.25) is 4.79 Å². The van der Waals surface area contributed by atoms with Crippen LogP contribution < -0.4 is 21.7 Å². The molecule has 1 fully saturated rings. The van der Waals surface area contributed by atoms with E-state index in [1.54, 1.807) is 12.3 Å². The van der Waals surface area contributed by atoms with Gasteiger partial charge in [-0.15, -0.1) is 0 Å². The number of aromatic nitrogens is 2. The second kappa shape index (κ2) is 10.6. The summed E-state index contributed by atoms with van der Waals surface area (Å²) in [5.74, 6) is -0.0808. The summed E-state index contributed by atoms with van der Waals surface area (Å²) in [5, 5.41) is 9.02. The highest BCUT2D eigenvalue weighted by atomic mass is 35.5. The van der Waals surface area contributed by atoms with Crippen molar-refractivity contribution in [1.82, 2.24) is 15.3 Å². The highest BCUT2D eigenvalue weighted by Gasteiger charge is 2.42. The van der Waals surface area contributed by atoms with Crippen LogP contribution in [0.15, 0.2) is 30.5 Å². The SMILES string of the molecule is NC(=O)[C@H]1CCCC[C@]1(Cl)Nc1ccnc(Nc2ccc3c(c2)CCC(NCC(F)(F)F)CC3)n1. The van der Waals surface area contributed by atoms with Crippen LogP contribution in [0, 0.1) is 5.92 Å². The van der Waals surface area contributed by atoms with Gasteiger partial charge < -0.3 is 21.7 Å². The Morgan fingerprint density at radius 2 is 1.91 bits per heavy atom. The first-order valence-electron chi connectivity index (χ1n) is 11.9. The number of fused-ring (bicyclic) bond motifs is 1. The second-order valence-corrected chi connectivity index (χ2v) is 10.0. The van der Waals surface area contributed by atoms with Crippen molar-refractivity contribution in [2.45, 2.75) is 68.6 Å². The van der Waals surface area contributed by atoms with Crippen molar-refractivity contribution in [3.63, 3.8) is 0 Å². The molecule has 2 aliphatic carbocycles. The first-order valence-corrected chi connectivity index (χ1v) is 12.3. The number of benzene rings is 1. The fourth-order valence-electron chi connectivity index (χ4n) is 4.93. The maximum atomic E-state index is 12.6. The zero-order chi connectivity index (χ0) is 25.1. The van der Waals surface area contributed by atoms with Crippen molar-refractivity contribution in [2.24, 2.45) is 11.7 Å². The summed E-state index contributed by atoms with van der Waals surface area (Å²) in [5.41, 5.74) is 8.61. The number of amides is 1. The minimum Gasteiger partial charge on any atom is -0.369 e. The summed E-state index contributed by atoms with van der Waals surface area (Å²) in [7, 11) is 0. The van der Waals surface area contributed by atoms with Gasteiger partial charge in [0.05, 0.1) is 12.5 Å². The number of carbonyl (C=O) groups excluding carboxylic acids is 1. The second-order valence-electron chi connectivity index (χ2n) is 9.33. The predicted octanol–water partition coefficient (Wildman–Crippen LogP) is 4.64. The summed E-state index contributed by atoms with van der Waals surface area (Å²) < 4.78 is 37.7. The van der Waals surface area contributed by atoms with Crippen LogP contribution in [0.1, 0.15) is 49.7 Å². The van der Waals surface area contributed by atoms with Crippen molar-refractivity contribution < 1.29 is 18.0 Å². The van der Waals surface area contributed by atoms with E-state index in [1.165, 1.54) is 0 Å². The first kappa shape index (κ1) is 25.5. The highest BCUT2D eigenvalue weighted by Crippen LogP contribution is 2.39. The lowest BCUT2D eigenvalue weighted by Crippen LogP contribution is -2.48. The molecular formula is C24H30ClF3N6O. The molecule has 0 saturated heterocycles. The molecule has 3 atom stereocenters. The fraction of sp³-hybridized carbons (Fsp3) is 0.542. The number of nitrogens with one attached hydrogen (secondary N) is 3. The van der Waals surface area contributed by atoms with Crippen molar-refractivity contribution >= 4 is 35.0 Å². The monoisotopic (exact) mass is 510 g/mol. The Hall–Kier alpha value is -2.59. The molecule has 2 aromatic rings. The van der Waals surface area contributed by atoms with Crippen LogP contribution in [0.4, 0.5) is 30.6 Å². The summed E-state index contributed by atoms with van der Waals surface area (Å²) in [4.78, 5) is 19.7. The number of nitrogens with two attached hydrogens (primary N) is 1. The number of nitrogens with zero attached hydrogens (tertiary/aromatic N) is 2. The molecule has 0 spiro atoms. The molecule has 0 aliphatic heterocycles. The molecule has 1 saturated carbocycles. The maximum Gasteiger partial charge on any atom is 0.401 e. The van der Waals surface area contributed by atoms with Gasteiger partial charge in [0, 0.05) is 17.9 Å². The molecule has 0 radical (unpaired) electrons. The van der Waals surface area contributed by atoms with Crippen LogP contribution in [0.2, 0.25) is 0 Å². The normalized spacial score (nSPS) is 24.8. The predicted molar refractivity (Wildman–Crippen MR) is 130 cm³/mol. The quantitative estimate of drug-likeness (QED) is 0.246. The lowest BCUT2D eigenvalue weighted by molar-refractivity contribution is -0.126. The van der Waals surface area contributed by atoms with Gasteiger partial charge in [-0.25, -0.2) is 4.98 Å². The van der Waals surface area contributed by atoms with Gasteiger partial charge >= 0.3 is 6.18 Å². The van der Waals surface area contributed by atoms with Gasteiger partial charge in [0.2, 0.25) is 11.9 Å². The molecule has 190 valence electrons. The molecule has 1 aromatic carbocycles. The van der Waals surface area contributed by atoms with Crippen LogP contribution in [0.5, 0.6) is 0 Å². The van der Waals surface area contributed by atoms with Gasteiger partial charge in [-0.05, 0) is 74.3 Å². The molecule has 4 rings (SSSR count). The average Bonchev–Trinajstić information content (AvgIpc) is 2.99. The van der Waals surface area contributed by atoms with Gasteiger partial charge in [0.15, 0.2) is 0 Å². The highest BCUT2D eigenvalue weighted by molar-refractivity contribution is 6.26. The summed E-state index contributed by atoms with van der Waals surface area (Å²) >= 11 is 6.78. The van der Waals surface area contributed by atoms with Crippen LogP contribution in [-0.2, 0) is 17.6 Å². The minimum atomic E-state index is -4.21. The number of hydrogen-bond donors (Lipinski definition) is 4. The number of rotatable bonds is 7. The topological polar surface area (TPSA) is 105 Å². The van der Waals surface area contributed by atoms with Crippen molar-refractivity contribution in [3.8, 4) is 0 Å². The van der Waals surface area contributed by atoms with E-state index in [1.807, 2.05) is 18.2 Å². The zero-order valence-electron chi connectivity index (χ0n) is 19.3. The smallest absolute Gasteiger partial charge is 0.369 e. The molecule has 1 unspecified atom stereocenters. The fourth-order valence-corrected chi connectivity index (χ4v) is 5.38. The van der Waals surface area contributed by atoms with E-state index < -0.39 is 29.5 Å². The Kier molecular flexibility index (Phi) is 7.70. The minimum absolute atomic E-state index is 0.168. The van der Waals surface area contributed by atoms with Crippen LogP contribution in [0.25, 0.3) is 0 Å². The Morgan fingerprint density at radius 3 is 2.66 bits per heavy atom. The molecule has 0 bridgehead atoms. The molecule has 35 heavy (non-hydrogen) atoms. The van der Waals surface area contributed by atoms with E-state index in [4.69, 9.17) is 17.3 Å². The van der Waals surface area contributed by atoms with E-state index in [0.717, 1.165) is 36.1 Å². The van der Waals surface area contributed by atoms with Crippen molar-refractivity contribution in [2.75, 3.05) is 17.2 Å². The van der Waals surface area contributed by atoms with Gasteiger partial charge in [-0.1, -0.05) is 24.1 Å². The zero-order valence-corrected chi connectivity index (χ0v) is 20.1. The average molecular weight is 511 g/mol. The molecular weight excluding hydrogens is 481 g/mol. The van der Waals surface area contributed by atoms with Crippen LogP contribution in [0.3, 0.4) is 0 Å². The molecule has 2 aliphatic rings. The molecule has 5 N–H and O–H groups in total. The van der Waals surface area contributed by atoms with E-state index in [0.29, 0.717) is 43.9 Å². The molecule has 7 nitrogen and oxygen atoms in total. The number of anilines is 3. The molecule has 1 heterocycles. The van der Waals surface area contributed by atoms with Gasteiger partial charge in [0.25, 0.3) is 0 Å². The Morgan fingerprint density at radius 1 is 1.14 bits per heavy atom. The lowest BCUT2D eigenvalue weighted by Gasteiger charge is -2.38. The number of halogens is 4. The van der Waals surface area contributed by atoms with Crippen LogP contribution >= 0.6 is 11.6 Å². The van der Waals surface area contributed by atoms with Crippen LogP contribution in [-0.4, -0.2) is 39.6 Å². The van der Waals surface area contributed by atoms with E-state index in [9.17, 15) is 18.0 Å². The number of aryl methyl sites for hydroxylation is 2. The van der Waals surface area contributed by atoms with Gasteiger partial charge in [-0.2, -0.15) is 18.2 Å². The third-order valence-corrected chi connectivity index (χ3v) is 7.30. The standard InChI is InChI=1S/C24H30ClF3N6O/c25-23(11-2-1-3-19(23)21(29)35)34-20-10-12-30-22(33-20)32-18-9-5-15-4-7-17(8-6-16(15)13-18)31-14-24(26,27)28/h5,9-10,12-13,17,19,31H,1-4,6-8,11,14H2,(H2,29,35)(H2,30,32,33,34)/t17?,19-,23+/m1/s1. The maximum absolute atomic E-state index is 12.6. The third kappa shape index (κ3) is 6.76. The number of hydrogen-bond acceptors (Lipinski definition) is 6. The van der Waals surface area contributed by atoms with Crippen molar-refractivity contribution in [1.29, 1.82) is 0 Å². The summed E-state index contributed by atoms with van der Waals surface area (Å²) in [6, 6.07) is 7.43.